The molecule has 0 N–H and O–H groups in total. The first-order valence-electron chi connectivity index (χ1n) is 18.1. The van der Waals surface area contributed by atoms with Crippen molar-refractivity contribution >= 4 is 28.5 Å². The Morgan fingerprint density at radius 1 is 0.945 bits per heavy atom. The second-order valence-corrected chi connectivity index (χ2v) is 14.4. The van der Waals surface area contributed by atoms with E-state index >= 15 is 0 Å². The third-order valence-corrected chi connectivity index (χ3v) is 10.7. The minimum Gasteiger partial charge on any atom is -0.468 e. The summed E-state index contributed by atoms with van der Waals surface area (Å²) in [4.78, 5) is 52.8. The Labute approximate surface area is 315 Å². The van der Waals surface area contributed by atoms with Crippen LogP contribution < -0.4 is 5.56 Å². The molecule has 1 amide bonds. The zero-order valence-electron chi connectivity index (χ0n) is 30.8. The molecule has 290 valence electrons. The quantitative estimate of drug-likeness (QED) is 0.121. The molecule has 2 aromatic heterocycles. The van der Waals surface area contributed by atoms with Gasteiger partial charge in [-0.15, -0.1) is 0 Å². The van der Waals surface area contributed by atoms with Crippen LogP contribution in [0, 0.1) is 11.6 Å². The average molecular weight is 764 g/mol. The number of esters is 1. The van der Waals surface area contributed by atoms with Crippen LogP contribution in [0.2, 0.25) is 0 Å². The number of aromatic nitrogens is 3. The number of hydrogen-bond acceptors (Lipinski definition) is 7. The first kappa shape index (κ1) is 39.5. The van der Waals surface area contributed by atoms with Crippen molar-refractivity contribution in [3.8, 4) is 0 Å². The number of carbonyl (C=O) groups excluding carboxylic acids is 2. The lowest BCUT2D eigenvalue weighted by atomic mass is 9.91. The predicted octanol–water partition coefficient (Wildman–Crippen LogP) is 6.92. The van der Waals surface area contributed by atoms with Crippen LogP contribution in [0.5, 0.6) is 0 Å². The van der Waals surface area contributed by atoms with E-state index in [2.05, 4.69) is 9.97 Å². The molecular formula is C41H42F5N5O4. The molecule has 0 spiro atoms. The van der Waals surface area contributed by atoms with Gasteiger partial charge in [0.2, 0.25) is 5.91 Å². The van der Waals surface area contributed by atoms with Gasteiger partial charge in [0, 0.05) is 38.3 Å². The van der Waals surface area contributed by atoms with Gasteiger partial charge in [-0.25, -0.2) is 13.8 Å². The maximum Gasteiger partial charge on any atom is 0.416 e. The molecule has 0 unspecified atom stereocenters. The van der Waals surface area contributed by atoms with Crippen molar-refractivity contribution in [2.75, 3.05) is 26.7 Å². The van der Waals surface area contributed by atoms with E-state index in [9.17, 15) is 36.3 Å². The highest BCUT2D eigenvalue weighted by Gasteiger charge is 2.39. The number of ether oxygens (including phenoxy) is 1. The second-order valence-electron chi connectivity index (χ2n) is 14.4. The normalized spacial score (nSPS) is 15.8. The molecule has 4 aromatic rings. The summed E-state index contributed by atoms with van der Waals surface area (Å²) in [5.41, 5.74) is 0.709. The number of hydrogen-bond donors (Lipinski definition) is 0. The molecule has 14 heteroatoms. The van der Waals surface area contributed by atoms with Crippen molar-refractivity contribution in [3.05, 3.63) is 123 Å². The van der Waals surface area contributed by atoms with Gasteiger partial charge in [-0.05, 0) is 93.0 Å². The number of alkyl halides is 3. The van der Waals surface area contributed by atoms with Gasteiger partial charge < -0.3 is 14.2 Å². The van der Waals surface area contributed by atoms with Crippen LogP contribution in [0.4, 0.5) is 22.0 Å². The molecule has 3 heterocycles. The van der Waals surface area contributed by atoms with Crippen LogP contribution in [-0.2, 0) is 39.9 Å². The zero-order valence-corrected chi connectivity index (χ0v) is 30.8. The fraction of sp³-hybridized carbons (Fsp3) is 0.390. The topological polar surface area (TPSA) is 97.6 Å². The molecule has 1 saturated heterocycles. The van der Waals surface area contributed by atoms with E-state index in [0.29, 0.717) is 44.3 Å². The number of halogens is 5. The number of carbonyl (C=O) groups is 2. The Hall–Kier alpha value is -5.24. The van der Waals surface area contributed by atoms with Crippen molar-refractivity contribution in [3.63, 3.8) is 0 Å². The van der Waals surface area contributed by atoms with Crippen LogP contribution in [0.1, 0.15) is 62.0 Å². The van der Waals surface area contributed by atoms with E-state index in [4.69, 9.17) is 4.74 Å². The minimum absolute atomic E-state index is 0.0151. The molecule has 0 bridgehead atoms. The first-order valence-corrected chi connectivity index (χ1v) is 18.1. The number of methoxy groups -OCH3 is 1. The first-order chi connectivity index (χ1) is 26.2. The number of amides is 1. The number of likely N-dealkylation sites (tertiary alicyclic amines) is 1. The van der Waals surface area contributed by atoms with Gasteiger partial charge in [-0.3, -0.25) is 19.3 Å². The summed E-state index contributed by atoms with van der Waals surface area (Å²) in [7, 11) is 1.35. The lowest BCUT2D eigenvalue weighted by Crippen LogP contribution is -2.57. The van der Waals surface area contributed by atoms with Crippen LogP contribution >= 0.6 is 0 Å². The van der Waals surface area contributed by atoms with Gasteiger partial charge in [-0.2, -0.15) is 18.2 Å². The number of nitrogens with zero attached hydrogens (tertiary/aromatic N) is 5. The van der Waals surface area contributed by atoms with E-state index in [1.54, 1.807) is 35.4 Å². The zero-order chi connectivity index (χ0) is 39.5. The van der Waals surface area contributed by atoms with Gasteiger partial charge in [-0.1, -0.05) is 42.0 Å². The number of fused-ring (bicyclic) bond motifs is 1. The summed E-state index contributed by atoms with van der Waals surface area (Å²) in [5.74, 6) is -2.43. The van der Waals surface area contributed by atoms with Crippen LogP contribution in [0.25, 0.3) is 16.6 Å². The van der Waals surface area contributed by atoms with Crippen molar-refractivity contribution in [2.24, 2.45) is 0 Å². The molecule has 0 radical (unpaired) electrons. The molecule has 0 atom stereocenters. The maximum atomic E-state index is 14.6. The summed E-state index contributed by atoms with van der Waals surface area (Å²) in [6.07, 6.45) is 3.13. The molecule has 1 aliphatic carbocycles. The highest BCUT2D eigenvalue weighted by Crippen LogP contribution is 2.33. The molecule has 55 heavy (non-hydrogen) atoms. The van der Waals surface area contributed by atoms with E-state index in [-0.39, 0.29) is 66.3 Å². The number of pyridine rings is 1. The van der Waals surface area contributed by atoms with E-state index in [1.165, 1.54) is 37.6 Å². The lowest BCUT2D eigenvalue weighted by Gasteiger charge is -2.44. The molecule has 1 fully saturated rings. The third-order valence-electron chi connectivity index (χ3n) is 10.7. The Kier molecular flexibility index (Phi) is 11.6. The summed E-state index contributed by atoms with van der Waals surface area (Å²) in [6.45, 7) is 4.66. The van der Waals surface area contributed by atoms with E-state index in [1.807, 2.05) is 17.1 Å². The van der Waals surface area contributed by atoms with Crippen molar-refractivity contribution in [2.45, 2.75) is 76.7 Å². The van der Waals surface area contributed by atoms with Crippen LogP contribution in [0.15, 0.2) is 83.3 Å². The number of rotatable bonds is 11. The average Bonchev–Trinajstić information content (AvgIpc) is 3.18. The molecule has 2 aromatic carbocycles. The standard InChI is InChI=1S/C41H42F5N5O4/c1-40(2,39(54)55-3)49-22-19-31(20-23-49)50(24-26-9-11-27(12-10-26)28-13-16-30(17-14-28)41(44,45)46)35(52)25-51-34(18-15-29-6-4-8-33(42)36(29)43)48-38(53)32-7-5-21-47-37(32)51/h4-9,11,13-14,16-17,21,31H,10,12,15,18-20,22-25H2,1-3H3. The second kappa shape index (κ2) is 16.2. The highest BCUT2D eigenvalue weighted by atomic mass is 19.4. The Morgan fingerprint density at radius 2 is 1.67 bits per heavy atom. The van der Waals surface area contributed by atoms with Gasteiger partial charge in [0.15, 0.2) is 11.6 Å². The Morgan fingerprint density at radius 3 is 2.33 bits per heavy atom. The van der Waals surface area contributed by atoms with Gasteiger partial charge in [0.1, 0.15) is 23.6 Å². The van der Waals surface area contributed by atoms with Crippen molar-refractivity contribution in [1.29, 1.82) is 0 Å². The number of piperidine rings is 1. The minimum atomic E-state index is -4.43. The fourth-order valence-electron chi connectivity index (χ4n) is 7.39. The summed E-state index contributed by atoms with van der Waals surface area (Å²) >= 11 is 0. The third kappa shape index (κ3) is 8.69. The van der Waals surface area contributed by atoms with Crippen LogP contribution in [0.3, 0.4) is 0 Å². The SMILES string of the molecule is COC(=O)C(C)(C)N1CCC(N(CC2=CC=C(c3ccc(C(F)(F)F)cc3)CC2)C(=O)Cn2c(CCc3cccc(F)c3F)nc(=O)c3cccnc32)CC1. The smallest absolute Gasteiger partial charge is 0.416 e. The van der Waals surface area contributed by atoms with Crippen LogP contribution in [-0.4, -0.2) is 74.5 Å². The molecular weight excluding hydrogens is 721 g/mol. The highest BCUT2D eigenvalue weighted by molar-refractivity contribution is 5.81. The number of benzene rings is 2. The van der Waals surface area contributed by atoms with Crippen molar-refractivity contribution in [1.82, 2.24) is 24.3 Å². The lowest BCUT2D eigenvalue weighted by molar-refractivity contribution is -0.155. The van der Waals surface area contributed by atoms with E-state index < -0.39 is 34.5 Å². The summed E-state index contributed by atoms with van der Waals surface area (Å²) in [6, 6.07) is 11.9. The molecule has 0 saturated carbocycles. The molecule has 6 rings (SSSR count). The van der Waals surface area contributed by atoms with Gasteiger partial charge >= 0.3 is 12.1 Å². The number of allylic oxidation sites excluding steroid dienone is 3. The fourth-order valence-corrected chi connectivity index (χ4v) is 7.39. The molecule has 1 aliphatic heterocycles. The van der Waals surface area contributed by atoms with Gasteiger partial charge in [0.05, 0.1) is 18.1 Å². The van der Waals surface area contributed by atoms with E-state index in [0.717, 1.165) is 29.3 Å². The molecule has 9 nitrogen and oxygen atoms in total. The molecule has 2 aliphatic rings. The maximum absolute atomic E-state index is 14.6. The van der Waals surface area contributed by atoms with Crippen molar-refractivity contribution < 1.29 is 36.3 Å². The predicted molar refractivity (Wildman–Crippen MR) is 197 cm³/mol. The number of aryl methyl sites for hydroxylation is 2. The van der Waals surface area contributed by atoms with Gasteiger partial charge in [0.25, 0.3) is 5.56 Å². The Balaban J connectivity index is 1.30. The summed E-state index contributed by atoms with van der Waals surface area (Å²) < 4.78 is 74.7. The Bertz CT molecular complexity index is 2190. The monoisotopic (exact) mass is 763 g/mol. The summed E-state index contributed by atoms with van der Waals surface area (Å²) in [5, 5.41) is 0.205. The largest absolute Gasteiger partial charge is 0.468 e.